The van der Waals surface area contributed by atoms with Gasteiger partial charge in [-0.05, 0) is 56.2 Å². The molecule has 2 heterocycles. The first kappa shape index (κ1) is 20.7. The minimum absolute atomic E-state index is 0.0877. The van der Waals surface area contributed by atoms with Crippen LogP contribution in [-0.2, 0) is 6.42 Å². The molecule has 3 rings (SSSR count). The SMILES string of the molecule is Cc1cc(C)n(-c2ccc(Cl)c(C(=O)NCCc3ccc(OC(F)F)cc3)n2)n1. The zero-order valence-corrected chi connectivity index (χ0v) is 16.6. The van der Waals surface area contributed by atoms with Gasteiger partial charge in [0.2, 0.25) is 0 Å². The summed E-state index contributed by atoms with van der Waals surface area (Å²) in [6.07, 6.45) is 0.509. The molecular formula is C20H19ClF2N4O2. The highest BCUT2D eigenvalue weighted by atomic mass is 35.5. The normalized spacial score (nSPS) is 11.0. The Morgan fingerprint density at radius 3 is 2.55 bits per heavy atom. The second-order valence-corrected chi connectivity index (χ2v) is 6.77. The van der Waals surface area contributed by atoms with Crippen LogP contribution in [-0.4, -0.2) is 33.8 Å². The third-order valence-electron chi connectivity index (χ3n) is 4.12. The fraction of sp³-hybridized carbons (Fsp3) is 0.250. The number of carbonyl (C=O) groups is 1. The Morgan fingerprint density at radius 2 is 1.93 bits per heavy atom. The summed E-state index contributed by atoms with van der Waals surface area (Å²) in [7, 11) is 0. The van der Waals surface area contributed by atoms with Crippen LogP contribution >= 0.6 is 11.6 Å². The van der Waals surface area contributed by atoms with Crippen molar-refractivity contribution in [3.05, 3.63) is 70.1 Å². The molecule has 0 unspecified atom stereocenters. The molecule has 0 spiro atoms. The number of halogens is 3. The van der Waals surface area contributed by atoms with Gasteiger partial charge < -0.3 is 10.1 Å². The van der Waals surface area contributed by atoms with Crippen molar-refractivity contribution in [2.24, 2.45) is 0 Å². The lowest BCUT2D eigenvalue weighted by Gasteiger charge is -2.10. The van der Waals surface area contributed by atoms with Gasteiger partial charge in [-0.15, -0.1) is 0 Å². The van der Waals surface area contributed by atoms with E-state index in [0.717, 1.165) is 17.0 Å². The maximum atomic E-state index is 12.5. The summed E-state index contributed by atoms with van der Waals surface area (Å²) >= 11 is 6.15. The Morgan fingerprint density at radius 1 is 1.21 bits per heavy atom. The van der Waals surface area contributed by atoms with E-state index in [0.29, 0.717) is 18.8 Å². The summed E-state index contributed by atoms with van der Waals surface area (Å²) in [5.74, 6) is 0.181. The quantitative estimate of drug-likeness (QED) is 0.624. The minimum Gasteiger partial charge on any atom is -0.435 e. The molecule has 1 amide bonds. The molecule has 3 aromatic rings. The number of alkyl halides is 2. The van der Waals surface area contributed by atoms with Crippen molar-refractivity contribution in [3.63, 3.8) is 0 Å². The minimum atomic E-state index is -2.86. The van der Waals surface area contributed by atoms with Gasteiger partial charge in [-0.3, -0.25) is 4.79 Å². The molecule has 1 aromatic carbocycles. The molecule has 0 saturated carbocycles. The highest BCUT2D eigenvalue weighted by molar-refractivity contribution is 6.33. The Balaban J connectivity index is 1.63. The van der Waals surface area contributed by atoms with E-state index in [9.17, 15) is 13.6 Å². The van der Waals surface area contributed by atoms with E-state index in [1.807, 2.05) is 19.9 Å². The molecule has 0 bridgehead atoms. The Labute approximate surface area is 171 Å². The van der Waals surface area contributed by atoms with Crippen LogP contribution in [0.2, 0.25) is 5.02 Å². The van der Waals surface area contributed by atoms with Gasteiger partial charge in [0, 0.05) is 12.2 Å². The van der Waals surface area contributed by atoms with Crippen LogP contribution in [0.25, 0.3) is 5.82 Å². The monoisotopic (exact) mass is 420 g/mol. The Kier molecular flexibility index (Phi) is 6.43. The predicted octanol–water partition coefficient (Wildman–Crippen LogP) is 4.11. The van der Waals surface area contributed by atoms with Crippen LogP contribution < -0.4 is 10.1 Å². The summed E-state index contributed by atoms with van der Waals surface area (Å²) in [5, 5.41) is 7.36. The van der Waals surface area contributed by atoms with Crippen LogP contribution in [0.15, 0.2) is 42.5 Å². The second kappa shape index (κ2) is 9.00. The average Bonchev–Trinajstić information content (AvgIpc) is 3.01. The highest BCUT2D eigenvalue weighted by Crippen LogP contribution is 2.18. The van der Waals surface area contributed by atoms with Crippen LogP contribution in [0.5, 0.6) is 5.75 Å². The lowest BCUT2D eigenvalue weighted by Crippen LogP contribution is -2.27. The maximum Gasteiger partial charge on any atom is 0.387 e. The molecule has 0 fully saturated rings. The standard InChI is InChI=1S/C20H19ClF2N4O2/c1-12-11-13(2)27(26-12)17-8-7-16(21)18(25-17)19(28)24-10-9-14-3-5-15(6-4-14)29-20(22)23/h3-8,11,20H,9-10H2,1-2H3,(H,24,28). The van der Waals surface area contributed by atoms with E-state index < -0.39 is 12.5 Å². The number of rotatable bonds is 7. The fourth-order valence-corrected chi connectivity index (χ4v) is 3.00. The maximum absolute atomic E-state index is 12.5. The van der Waals surface area contributed by atoms with Gasteiger partial charge in [-0.1, -0.05) is 23.7 Å². The molecular weight excluding hydrogens is 402 g/mol. The van der Waals surface area contributed by atoms with E-state index in [1.165, 1.54) is 12.1 Å². The molecule has 1 N–H and O–H groups in total. The van der Waals surface area contributed by atoms with Crippen LogP contribution in [0.4, 0.5) is 8.78 Å². The Hall–Kier alpha value is -3.00. The number of hydrogen-bond donors (Lipinski definition) is 1. The zero-order chi connectivity index (χ0) is 21.0. The number of carbonyl (C=O) groups excluding carboxylic acids is 1. The molecule has 0 aliphatic heterocycles. The molecule has 2 aromatic heterocycles. The molecule has 0 radical (unpaired) electrons. The zero-order valence-electron chi connectivity index (χ0n) is 15.8. The van der Waals surface area contributed by atoms with Gasteiger partial charge in [0.25, 0.3) is 5.91 Å². The third-order valence-corrected chi connectivity index (χ3v) is 4.43. The first-order valence-corrected chi connectivity index (χ1v) is 9.23. The van der Waals surface area contributed by atoms with E-state index in [1.54, 1.807) is 28.9 Å². The van der Waals surface area contributed by atoms with Crippen molar-refractivity contribution in [1.82, 2.24) is 20.1 Å². The van der Waals surface area contributed by atoms with Crippen molar-refractivity contribution in [2.45, 2.75) is 26.9 Å². The van der Waals surface area contributed by atoms with Gasteiger partial charge in [0.05, 0.1) is 10.7 Å². The Bertz CT molecular complexity index is 1010. The van der Waals surface area contributed by atoms with Crippen molar-refractivity contribution in [3.8, 4) is 11.6 Å². The van der Waals surface area contributed by atoms with Gasteiger partial charge in [-0.25, -0.2) is 9.67 Å². The van der Waals surface area contributed by atoms with E-state index in [2.05, 4.69) is 20.1 Å². The number of aryl methyl sites for hydroxylation is 2. The summed E-state index contributed by atoms with van der Waals surface area (Å²) in [6.45, 7) is 1.24. The average molecular weight is 421 g/mol. The van der Waals surface area contributed by atoms with Gasteiger partial charge in [0.15, 0.2) is 5.82 Å². The fourth-order valence-electron chi connectivity index (χ4n) is 2.81. The second-order valence-electron chi connectivity index (χ2n) is 6.37. The highest BCUT2D eigenvalue weighted by Gasteiger charge is 2.15. The number of nitrogens with one attached hydrogen (secondary N) is 1. The molecule has 0 aliphatic carbocycles. The van der Waals surface area contributed by atoms with E-state index >= 15 is 0 Å². The number of nitrogens with zero attached hydrogens (tertiary/aromatic N) is 3. The number of hydrogen-bond acceptors (Lipinski definition) is 4. The topological polar surface area (TPSA) is 69.0 Å². The number of benzene rings is 1. The van der Waals surface area contributed by atoms with Crippen molar-refractivity contribution in [1.29, 1.82) is 0 Å². The molecule has 0 atom stereocenters. The van der Waals surface area contributed by atoms with Crippen molar-refractivity contribution >= 4 is 17.5 Å². The predicted molar refractivity (Wildman–Crippen MR) is 105 cm³/mol. The smallest absolute Gasteiger partial charge is 0.387 e. The largest absolute Gasteiger partial charge is 0.435 e. The molecule has 9 heteroatoms. The van der Waals surface area contributed by atoms with Crippen molar-refractivity contribution < 1.29 is 18.3 Å². The molecule has 29 heavy (non-hydrogen) atoms. The third kappa shape index (κ3) is 5.29. The lowest BCUT2D eigenvalue weighted by atomic mass is 10.1. The summed E-state index contributed by atoms with van der Waals surface area (Å²) in [4.78, 5) is 16.9. The van der Waals surface area contributed by atoms with Gasteiger partial charge in [-0.2, -0.15) is 13.9 Å². The summed E-state index contributed by atoms with van der Waals surface area (Å²) in [5.41, 5.74) is 2.71. The molecule has 6 nitrogen and oxygen atoms in total. The van der Waals surface area contributed by atoms with Crippen LogP contribution in [0.3, 0.4) is 0 Å². The molecule has 0 saturated heterocycles. The number of pyridine rings is 1. The van der Waals surface area contributed by atoms with E-state index in [-0.39, 0.29) is 16.5 Å². The van der Waals surface area contributed by atoms with Crippen LogP contribution in [0.1, 0.15) is 27.4 Å². The summed E-state index contributed by atoms with van der Waals surface area (Å²) in [6, 6.07) is 11.5. The number of ether oxygens (including phenoxy) is 1. The number of amides is 1. The van der Waals surface area contributed by atoms with Gasteiger partial charge >= 0.3 is 6.61 Å². The van der Waals surface area contributed by atoms with E-state index in [4.69, 9.17) is 11.6 Å². The molecule has 152 valence electrons. The lowest BCUT2D eigenvalue weighted by molar-refractivity contribution is -0.0498. The van der Waals surface area contributed by atoms with Crippen LogP contribution in [0, 0.1) is 13.8 Å². The first-order valence-electron chi connectivity index (χ1n) is 8.85. The summed E-state index contributed by atoms with van der Waals surface area (Å²) < 4.78 is 30.3. The number of aromatic nitrogens is 3. The first-order chi connectivity index (χ1) is 13.8. The van der Waals surface area contributed by atoms with Gasteiger partial charge in [0.1, 0.15) is 11.4 Å². The van der Waals surface area contributed by atoms with Crippen molar-refractivity contribution in [2.75, 3.05) is 6.54 Å². The molecule has 0 aliphatic rings.